The number of halogens is 4. The maximum absolute atomic E-state index is 15.1. The second kappa shape index (κ2) is 8.09. The fraction of sp³-hybridized carbons (Fsp3) is 0.0455. The molecule has 4 aromatic rings. The van der Waals surface area contributed by atoms with Crippen LogP contribution in [0.5, 0.6) is 0 Å². The van der Waals surface area contributed by atoms with Crippen LogP contribution in [0.1, 0.15) is 16.2 Å². The second-order valence-electron chi connectivity index (χ2n) is 6.70. The minimum absolute atomic E-state index is 0.0150. The third kappa shape index (κ3) is 3.78. The Hall–Kier alpha value is -3.29. The van der Waals surface area contributed by atoms with Gasteiger partial charge in [-0.05, 0) is 49.4 Å². The Morgan fingerprint density at radius 1 is 1.00 bits per heavy atom. The van der Waals surface area contributed by atoms with Crippen molar-refractivity contribution in [3.8, 4) is 28.5 Å². The first-order valence-corrected chi connectivity index (χ1v) is 9.80. The third-order valence-electron chi connectivity index (χ3n) is 4.59. The third-order valence-corrected chi connectivity index (χ3v) is 5.17. The van der Waals surface area contributed by atoms with Crippen LogP contribution in [0, 0.1) is 18.6 Å². The van der Waals surface area contributed by atoms with E-state index in [0.29, 0.717) is 17.0 Å². The van der Waals surface area contributed by atoms with E-state index in [1.807, 2.05) is 0 Å². The fourth-order valence-corrected chi connectivity index (χ4v) is 3.59. The van der Waals surface area contributed by atoms with Crippen LogP contribution in [0.25, 0.3) is 28.5 Å². The molecule has 31 heavy (non-hydrogen) atoms. The molecular formula is C22H14Cl2F2N4O. The minimum atomic E-state index is -0.856. The Bertz CT molecular complexity index is 1340. The van der Waals surface area contributed by atoms with Crippen LogP contribution in [-0.4, -0.2) is 20.4 Å². The van der Waals surface area contributed by atoms with Gasteiger partial charge in [-0.25, -0.2) is 18.7 Å². The number of amides is 1. The molecule has 0 saturated heterocycles. The molecule has 0 aliphatic rings. The summed E-state index contributed by atoms with van der Waals surface area (Å²) in [6, 6.07) is 13.5. The number of carbonyl (C=O) groups is 1. The van der Waals surface area contributed by atoms with Gasteiger partial charge in [0, 0.05) is 11.3 Å². The van der Waals surface area contributed by atoms with Crippen LogP contribution in [-0.2, 0) is 0 Å². The summed E-state index contributed by atoms with van der Waals surface area (Å²) in [7, 11) is 0. The molecule has 0 atom stereocenters. The zero-order valence-electron chi connectivity index (χ0n) is 16.0. The van der Waals surface area contributed by atoms with Crippen LogP contribution in [0.2, 0.25) is 10.0 Å². The Morgan fingerprint density at radius 3 is 2.42 bits per heavy atom. The molecule has 0 unspecified atom stereocenters. The molecule has 2 aromatic carbocycles. The summed E-state index contributed by atoms with van der Waals surface area (Å²) in [5.74, 6) is -2.08. The number of aryl methyl sites for hydroxylation is 1. The lowest BCUT2D eigenvalue weighted by molar-refractivity contribution is 0.0996. The normalized spacial score (nSPS) is 11.0. The monoisotopic (exact) mass is 458 g/mol. The number of nitrogens with two attached hydrogens (primary N) is 1. The maximum Gasteiger partial charge on any atom is 0.269 e. The molecule has 9 heteroatoms. The van der Waals surface area contributed by atoms with E-state index < -0.39 is 17.5 Å². The van der Waals surface area contributed by atoms with Crippen molar-refractivity contribution >= 4 is 29.1 Å². The maximum atomic E-state index is 15.1. The minimum Gasteiger partial charge on any atom is -0.364 e. The molecule has 0 fully saturated rings. The zero-order chi connectivity index (χ0) is 22.3. The SMILES string of the molecule is Cc1cccc(-c2nc(C(N)=O)c(-c3ccc(F)c(Cl)c3)n2-c2cccc(Cl)c2F)n1. The van der Waals surface area contributed by atoms with Gasteiger partial charge in [0.05, 0.1) is 21.4 Å². The standard InChI is InChI=1S/C22H14Cl2F2N4O/c1-11-4-2-6-16(28-11)22-29-19(21(27)31)20(12-8-9-15(25)14(24)10-12)30(22)17-7-3-5-13(23)18(17)26/h2-10H,1H3,(H2,27,31). The molecule has 0 saturated carbocycles. The lowest BCUT2D eigenvalue weighted by Crippen LogP contribution is -2.13. The number of imidazole rings is 1. The lowest BCUT2D eigenvalue weighted by atomic mass is 10.1. The number of nitrogens with zero attached hydrogens (tertiary/aromatic N) is 3. The predicted molar refractivity (Wildman–Crippen MR) is 115 cm³/mol. The van der Waals surface area contributed by atoms with Crippen molar-refractivity contribution in [3.63, 3.8) is 0 Å². The smallest absolute Gasteiger partial charge is 0.269 e. The Morgan fingerprint density at radius 2 is 1.74 bits per heavy atom. The van der Waals surface area contributed by atoms with Crippen LogP contribution < -0.4 is 5.73 Å². The molecule has 2 aromatic heterocycles. The van der Waals surface area contributed by atoms with Crippen LogP contribution in [0.4, 0.5) is 8.78 Å². The predicted octanol–water partition coefficient (Wildman–Crippen LogP) is 5.59. The number of aromatic nitrogens is 3. The van der Waals surface area contributed by atoms with Crippen molar-refractivity contribution < 1.29 is 13.6 Å². The summed E-state index contributed by atoms with van der Waals surface area (Å²) in [4.78, 5) is 21.1. The number of pyridine rings is 1. The van der Waals surface area contributed by atoms with E-state index >= 15 is 4.39 Å². The Kier molecular flexibility index (Phi) is 5.47. The molecule has 1 amide bonds. The highest BCUT2D eigenvalue weighted by Gasteiger charge is 2.27. The van der Waals surface area contributed by atoms with Gasteiger partial charge < -0.3 is 5.73 Å². The zero-order valence-corrected chi connectivity index (χ0v) is 17.5. The van der Waals surface area contributed by atoms with Gasteiger partial charge in [-0.3, -0.25) is 9.36 Å². The number of hydrogen-bond acceptors (Lipinski definition) is 3. The molecule has 156 valence electrons. The number of primary amides is 1. The van der Waals surface area contributed by atoms with E-state index in [4.69, 9.17) is 28.9 Å². The number of hydrogen-bond donors (Lipinski definition) is 1. The number of rotatable bonds is 4. The average molecular weight is 459 g/mol. The van der Waals surface area contributed by atoms with Crippen molar-refractivity contribution in [1.29, 1.82) is 0 Å². The van der Waals surface area contributed by atoms with E-state index in [-0.39, 0.29) is 32.9 Å². The van der Waals surface area contributed by atoms with Crippen LogP contribution in [0.3, 0.4) is 0 Å². The first-order chi connectivity index (χ1) is 14.8. The van der Waals surface area contributed by atoms with E-state index in [0.717, 1.165) is 6.07 Å². The molecule has 2 N–H and O–H groups in total. The van der Waals surface area contributed by atoms with Crippen molar-refractivity contribution in [3.05, 3.63) is 87.7 Å². The topological polar surface area (TPSA) is 73.8 Å². The second-order valence-corrected chi connectivity index (χ2v) is 7.51. The van der Waals surface area contributed by atoms with Gasteiger partial charge in [0.25, 0.3) is 5.91 Å². The lowest BCUT2D eigenvalue weighted by Gasteiger charge is -2.14. The fourth-order valence-electron chi connectivity index (χ4n) is 3.24. The van der Waals surface area contributed by atoms with E-state index in [1.165, 1.54) is 28.8 Å². The van der Waals surface area contributed by atoms with Gasteiger partial charge in [0.2, 0.25) is 0 Å². The highest BCUT2D eigenvalue weighted by atomic mass is 35.5. The molecule has 0 radical (unpaired) electrons. The van der Waals surface area contributed by atoms with Crippen molar-refractivity contribution in [2.75, 3.05) is 0 Å². The highest BCUT2D eigenvalue weighted by molar-refractivity contribution is 6.31. The van der Waals surface area contributed by atoms with Gasteiger partial charge in [-0.1, -0.05) is 35.3 Å². The number of carbonyl (C=O) groups excluding carboxylic acids is 1. The average Bonchev–Trinajstić information content (AvgIpc) is 3.13. The van der Waals surface area contributed by atoms with Gasteiger partial charge in [0.1, 0.15) is 11.5 Å². The van der Waals surface area contributed by atoms with Crippen molar-refractivity contribution in [2.45, 2.75) is 6.92 Å². The first kappa shape index (κ1) is 21.0. The summed E-state index contributed by atoms with van der Waals surface area (Å²) < 4.78 is 30.3. The molecule has 0 spiro atoms. The van der Waals surface area contributed by atoms with E-state index in [9.17, 15) is 9.18 Å². The molecule has 0 aliphatic carbocycles. The highest BCUT2D eigenvalue weighted by Crippen LogP contribution is 2.36. The van der Waals surface area contributed by atoms with E-state index in [2.05, 4.69) is 9.97 Å². The van der Waals surface area contributed by atoms with E-state index in [1.54, 1.807) is 31.2 Å². The summed E-state index contributed by atoms with van der Waals surface area (Å²) in [5, 5.41) is -0.305. The summed E-state index contributed by atoms with van der Waals surface area (Å²) >= 11 is 12.0. The van der Waals surface area contributed by atoms with Gasteiger partial charge >= 0.3 is 0 Å². The largest absolute Gasteiger partial charge is 0.364 e. The molecule has 0 bridgehead atoms. The van der Waals surface area contributed by atoms with Crippen molar-refractivity contribution in [2.24, 2.45) is 5.73 Å². The summed E-state index contributed by atoms with van der Waals surface area (Å²) in [6.07, 6.45) is 0. The Balaban J connectivity index is 2.15. The van der Waals surface area contributed by atoms with Gasteiger partial charge in [0.15, 0.2) is 17.3 Å². The van der Waals surface area contributed by atoms with Crippen LogP contribution >= 0.6 is 23.2 Å². The first-order valence-electron chi connectivity index (χ1n) is 9.04. The van der Waals surface area contributed by atoms with Gasteiger partial charge in [-0.15, -0.1) is 0 Å². The Labute approximate surface area is 186 Å². The molecule has 0 aliphatic heterocycles. The summed E-state index contributed by atoms with van der Waals surface area (Å²) in [5.41, 5.74) is 6.96. The van der Waals surface area contributed by atoms with Crippen LogP contribution in [0.15, 0.2) is 54.6 Å². The molecule has 4 rings (SSSR count). The quantitative estimate of drug-likeness (QED) is 0.432. The van der Waals surface area contributed by atoms with Gasteiger partial charge in [-0.2, -0.15) is 0 Å². The molecule has 5 nitrogen and oxygen atoms in total. The summed E-state index contributed by atoms with van der Waals surface area (Å²) in [6.45, 7) is 1.78. The molecule has 2 heterocycles. The number of benzene rings is 2. The molecular weight excluding hydrogens is 445 g/mol. The van der Waals surface area contributed by atoms with Crippen molar-refractivity contribution in [1.82, 2.24) is 14.5 Å².